The minimum Gasteiger partial charge on any atom is -0.475 e. The van der Waals surface area contributed by atoms with Gasteiger partial charge in [0.15, 0.2) is 23.5 Å². The fraction of sp³-hybridized carbons (Fsp3) is 0.500. The molecule has 0 aliphatic heterocycles. The van der Waals surface area contributed by atoms with E-state index in [4.69, 9.17) is 15.2 Å². The molecule has 0 spiro atoms. The van der Waals surface area contributed by atoms with Crippen LogP contribution in [0.4, 0.5) is 8.78 Å². The molecule has 1 rings (SSSR count). The van der Waals surface area contributed by atoms with Crippen molar-refractivity contribution in [1.29, 1.82) is 0 Å². The van der Waals surface area contributed by atoms with Crippen molar-refractivity contribution in [3.63, 3.8) is 0 Å². The zero-order valence-corrected chi connectivity index (χ0v) is 12.1. The predicted molar refractivity (Wildman–Crippen MR) is 73.8 cm³/mol. The molecule has 1 unspecified atom stereocenters. The van der Waals surface area contributed by atoms with Crippen LogP contribution in [0.1, 0.15) is 18.9 Å². The average Bonchev–Trinajstić information content (AvgIpc) is 2.46. The van der Waals surface area contributed by atoms with E-state index in [1.807, 2.05) is 0 Å². The zero-order chi connectivity index (χ0) is 15.8. The van der Waals surface area contributed by atoms with Crippen molar-refractivity contribution < 1.29 is 23.0 Å². The monoisotopic (exact) mass is 302 g/mol. The standard InChI is InChI=1S/C14H20F2N2O3/c1-9(14(19)18-4-3-5-20-2)21-13-11(15)6-10(8-17)7-12(13)16/h6-7,9H,3-5,8,17H2,1-2H3,(H,18,19). The average molecular weight is 302 g/mol. The number of amides is 1. The van der Waals surface area contributed by atoms with Gasteiger partial charge in [-0.1, -0.05) is 0 Å². The van der Waals surface area contributed by atoms with Gasteiger partial charge in [0.2, 0.25) is 0 Å². The Morgan fingerprint density at radius 2 is 2.00 bits per heavy atom. The number of carbonyl (C=O) groups excluding carboxylic acids is 1. The number of nitrogens with two attached hydrogens (primary N) is 1. The molecule has 1 aromatic rings. The molecule has 7 heteroatoms. The number of halogens is 2. The number of ether oxygens (including phenoxy) is 2. The van der Waals surface area contributed by atoms with E-state index in [1.54, 1.807) is 7.11 Å². The highest BCUT2D eigenvalue weighted by Gasteiger charge is 2.19. The summed E-state index contributed by atoms with van der Waals surface area (Å²) in [5.74, 6) is -2.79. The third-order valence-electron chi connectivity index (χ3n) is 2.78. The van der Waals surface area contributed by atoms with E-state index in [0.717, 1.165) is 12.1 Å². The van der Waals surface area contributed by atoms with Crippen LogP contribution in [0, 0.1) is 11.6 Å². The van der Waals surface area contributed by atoms with Gasteiger partial charge in [-0.2, -0.15) is 0 Å². The predicted octanol–water partition coefficient (Wildman–Crippen LogP) is 1.34. The first-order valence-electron chi connectivity index (χ1n) is 6.60. The second-order valence-corrected chi connectivity index (χ2v) is 4.49. The van der Waals surface area contributed by atoms with Crippen molar-refractivity contribution in [2.75, 3.05) is 20.3 Å². The Kier molecular flexibility index (Phi) is 7.04. The van der Waals surface area contributed by atoms with Gasteiger partial charge < -0.3 is 20.5 Å². The maximum Gasteiger partial charge on any atom is 0.260 e. The number of benzene rings is 1. The highest BCUT2D eigenvalue weighted by atomic mass is 19.1. The van der Waals surface area contributed by atoms with E-state index in [9.17, 15) is 13.6 Å². The Morgan fingerprint density at radius 3 is 2.52 bits per heavy atom. The number of hydrogen-bond donors (Lipinski definition) is 2. The minimum absolute atomic E-state index is 0.0175. The van der Waals surface area contributed by atoms with Crippen molar-refractivity contribution in [1.82, 2.24) is 5.32 Å². The summed E-state index contributed by atoms with van der Waals surface area (Å²) in [7, 11) is 1.56. The highest BCUT2D eigenvalue weighted by molar-refractivity contribution is 5.80. The first-order chi connectivity index (χ1) is 9.99. The number of rotatable bonds is 8. The van der Waals surface area contributed by atoms with Crippen LogP contribution >= 0.6 is 0 Å². The van der Waals surface area contributed by atoms with Crippen LogP contribution < -0.4 is 15.8 Å². The maximum absolute atomic E-state index is 13.7. The first kappa shape index (κ1) is 17.3. The molecule has 118 valence electrons. The summed E-state index contributed by atoms with van der Waals surface area (Å²) < 4.78 is 37.3. The lowest BCUT2D eigenvalue weighted by Crippen LogP contribution is -2.37. The molecule has 0 aromatic heterocycles. The van der Waals surface area contributed by atoms with E-state index in [0.29, 0.717) is 25.1 Å². The fourth-order valence-corrected chi connectivity index (χ4v) is 1.64. The molecule has 1 atom stereocenters. The molecular formula is C14H20F2N2O3. The van der Waals surface area contributed by atoms with Crippen LogP contribution in [-0.4, -0.2) is 32.3 Å². The SMILES string of the molecule is COCCCNC(=O)C(C)Oc1c(F)cc(CN)cc1F. The molecule has 0 fully saturated rings. The summed E-state index contributed by atoms with van der Waals surface area (Å²) in [6.07, 6.45) is -0.372. The van der Waals surface area contributed by atoms with E-state index in [-0.39, 0.29) is 6.54 Å². The number of nitrogens with one attached hydrogen (secondary N) is 1. The molecule has 0 saturated carbocycles. The van der Waals surface area contributed by atoms with Crippen molar-refractivity contribution in [3.05, 3.63) is 29.3 Å². The third kappa shape index (κ3) is 5.28. The second kappa shape index (κ2) is 8.53. The van der Waals surface area contributed by atoms with Gasteiger partial charge in [0.1, 0.15) is 0 Å². The molecular weight excluding hydrogens is 282 g/mol. The van der Waals surface area contributed by atoms with Gasteiger partial charge in [-0.3, -0.25) is 4.79 Å². The van der Waals surface area contributed by atoms with Crippen LogP contribution in [-0.2, 0) is 16.1 Å². The van der Waals surface area contributed by atoms with Gasteiger partial charge in [0, 0.05) is 26.8 Å². The van der Waals surface area contributed by atoms with Gasteiger partial charge >= 0.3 is 0 Å². The summed E-state index contributed by atoms with van der Waals surface area (Å²) in [5.41, 5.74) is 5.63. The Bertz CT molecular complexity index is 460. The third-order valence-corrected chi connectivity index (χ3v) is 2.78. The molecule has 0 bridgehead atoms. The van der Waals surface area contributed by atoms with Crippen molar-refractivity contribution >= 4 is 5.91 Å². The minimum atomic E-state index is -1.01. The van der Waals surface area contributed by atoms with Gasteiger partial charge in [0.25, 0.3) is 5.91 Å². The molecule has 1 amide bonds. The van der Waals surface area contributed by atoms with Crippen molar-refractivity contribution in [2.45, 2.75) is 26.0 Å². The Morgan fingerprint density at radius 1 is 1.38 bits per heavy atom. The fourth-order valence-electron chi connectivity index (χ4n) is 1.64. The first-order valence-corrected chi connectivity index (χ1v) is 6.60. The molecule has 1 aromatic carbocycles. The van der Waals surface area contributed by atoms with E-state index < -0.39 is 29.4 Å². The number of carbonyl (C=O) groups is 1. The smallest absolute Gasteiger partial charge is 0.260 e. The Labute approximate surface area is 122 Å². The van der Waals surface area contributed by atoms with Gasteiger partial charge in [-0.25, -0.2) is 8.78 Å². The molecule has 21 heavy (non-hydrogen) atoms. The largest absolute Gasteiger partial charge is 0.475 e. The lowest BCUT2D eigenvalue weighted by Gasteiger charge is -2.16. The van der Waals surface area contributed by atoms with Gasteiger partial charge in [0.05, 0.1) is 0 Å². The van der Waals surface area contributed by atoms with Crippen LogP contribution in [0.2, 0.25) is 0 Å². The lowest BCUT2D eigenvalue weighted by molar-refractivity contribution is -0.127. The van der Waals surface area contributed by atoms with Crippen molar-refractivity contribution in [3.8, 4) is 5.75 Å². The topological polar surface area (TPSA) is 73.6 Å². The van der Waals surface area contributed by atoms with Gasteiger partial charge in [-0.05, 0) is 31.0 Å². The summed E-state index contributed by atoms with van der Waals surface area (Å²) >= 11 is 0. The normalized spacial score (nSPS) is 12.0. The molecule has 0 aliphatic carbocycles. The van der Waals surface area contributed by atoms with Crippen LogP contribution in [0.5, 0.6) is 5.75 Å². The Hall–Kier alpha value is -1.73. The maximum atomic E-state index is 13.7. The molecule has 0 radical (unpaired) electrons. The number of hydrogen-bond acceptors (Lipinski definition) is 4. The van der Waals surface area contributed by atoms with Crippen LogP contribution in [0.15, 0.2) is 12.1 Å². The van der Waals surface area contributed by atoms with E-state index in [1.165, 1.54) is 6.92 Å². The van der Waals surface area contributed by atoms with Crippen LogP contribution in [0.25, 0.3) is 0 Å². The van der Waals surface area contributed by atoms with Gasteiger partial charge in [-0.15, -0.1) is 0 Å². The molecule has 0 saturated heterocycles. The highest BCUT2D eigenvalue weighted by Crippen LogP contribution is 2.24. The van der Waals surface area contributed by atoms with E-state index >= 15 is 0 Å². The Balaban J connectivity index is 2.62. The second-order valence-electron chi connectivity index (χ2n) is 4.49. The summed E-state index contributed by atoms with van der Waals surface area (Å²) in [4.78, 5) is 11.7. The molecule has 5 nitrogen and oxygen atoms in total. The molecule has 0 heterocycles. The summed E-state index contributed by atoms with van der Waals surface area (Å²) in [6, 6.07) is 2.17. The summed E-state index contributed by atoms with van der Waals surface area (Å²) in [6.45, 7) is 2.35. The van der Waals surface area contributed by atoms with Crippen molar-refractivity contribution in [2.24, 2.45) is 5.73 Å². The molecule has 3 N–H and O–H groups in total. The molecule has 0 aliphatic rings. The van der Waals surface area contributed by atoms with Crippen LogP contribution in [0.3, 0.4) is 0 Å². The number of methoxy groups -OCH3 is 1. The van der Waals surface area contributed by atoms with E-state index in [2.05, 4.69) is 5.32 Å². The summed E-state index contributed by atoms with van der Waals surface area (Å²) in [5, 5.41) is 2.59. The quantitative estimate of drug-likeness (QED) is 0.711. The zero-order valence-electron chi connectivity index (χ0n) is 12.1. The lowest BCUT2D eigenvalue weighted by atomic mass is 10.2.